The smallest absolute Gasteiger partial charge is 0.307 e. The number of carbonyl (C=O) groups excluding carboxylic acids is 2. The van der Waals surface area contributed by atoms with Crippen molar-refractivity contribution in [2.75, 3.05) is 7.05 Å². The van der Waals surface area contributed by atoms with Crippen molar-refractivity contribution in [2.24, 2.45) is 0 Å². The van der Waals surface area contributed by atoms with Gasteiger partial charge in [-0.3, -0.25) is 19.0 Å². The Kier molecular flexibility index (Phi) is 5.45. The van der Waals surface area contributed by atoms with Crippen LogP contribution >= 0.6 is 11.3 Å². The highest BCUT2D eigenvalue weighted by molar-refractivity contribution is 7.07. The highest BCUT2D eigenvalue weighted by Crippen LogP contribution is 2.17. The molecule has 2 N–H and O–H groups in total. The van der Waals surface area contributed by atoms with Gasteiger partial charge in [0.25, 0.3) is 0 Å². The van der Waals surface area contributed by atoms with Crippen LogP contribution in [-0.4, -0.2) is 23.4 Å². The van der Waals surface area contributed by atoms with E-state index in [1.54, 1.807) is 12.3 Å². The number of carbonyl (C=O) groups is 2. The molecule has 24 heavy (non-hydrogen) atoms. The number of hydrogen-bond acceptors (Lipinski definition) is 4. The molecule has 6 nitrogen and oxygen atoms in total. The van der Waals surface area contributed by atoms with Crippen LogP contribution in [0.25, 0.3) is 0 Å². The van der Waals surface area contributed by atoms with Crippen molar-refractivity contribution in [1.82, 2.24) is 15.2 Å². The Morgan fingerprint density at radius 3 is 2.54 bits per heavy atom. The quantitative estimate of drug-likeness (QED) is 0.843. The second kappa shape index (κ2) is 7.35. The van der Waals surface area contributed by atoms with Gasteiger partial charge in [-0.05, 0) is 24.6 Å². The van der Waals surface area contributed by atoms with Gasteiger partial charge in [-0.25, -0.2) is 8.78 Å². The first-order chi connectivity index (χ1) is 11.3. The third-order valence-electron chi connectivity index (χ3n) is 3.37. The maximum Gasteiger partial charge on any atom is 0.307 e. The second-order valence-corrected chi connectivity index (χ2v) is 5.84. The SMILES string of the molecule is CNC(=O)C(NC(=O)Cn1c(C)csc1=O)c1ccc(F)c(F)c1. The van der Waals surface area contributed by atoms with Crippen molar-refractivity contribution >= 4 is 23.2 Å². The monoisotopic (exact) mass is 355 g/mol. The summed E-state index contributed by atoms with van der Waals surface area (Å²) in [6.07, 6.45) is 0. The minimum atomic E-state index is -1.20. The summed E-state index contributed by atoms with van der Waals surface area (Å²) < 4.78 is 27.7. The molecule has 1 aromatic carbocycles. The molecule has 1 aromatic heterocycles. The van der Waals surface area contributed by atoms with E-state index >= 15 is 0 Å². The second-order valence-electron chi connectivity index (χ2n) is 5.02. The van der Waals surface area contributed by atoms with E-state index in [0.29, 0.717) is 5.69 Å². The lowest BCUT2D eigenvalue weighted by Gasteiger charge is -2.18. The molecule has 0 bridgehead atoms. The van der Waals surface area contributed by atoms with Crippen molar-refractivity contribution in [3.63, 3.8) is 0 Å². The normalized spacial score (nSPS) is 11.8. The van der Waals surface area contributed by atoms with E-state index < -0.39 is 29.5 Å². The molecule has 0 aliphatic carbocycles. The predicted molar refractivity (Wildman–Crippen MR) is 84.6 cm³/mol. The van der Waals surface area contributed by atoms with E-state index in [-0.39, 0.29) is 17.0 Å². The number of hydrogen-bond donors (Lipinski definition) is 2. The largest absolute Gasteiger partial charge is 0.357 e. The van der Waals surface area contributed by atoms with E-state index in [2.05, 4.69) is 10.6 Å². The van der Waals surface area contributed by atoms with Gasteiger partial charge >= 0.3 is 4.87 Å². The van der Waals surface area contributed by atoms with Gasteiger partial charge in [-0.1, -0.05) is 17.4 Å². The van der Waals surface area contributed by atoms with Crippen molar-refractivity contribution in [1.29, 1.82) is 0 Å². The Labute approximate surface area is 140 Å². The molecule has 0 spiro atoms. The summed E-state index contributed by atoms with van der Waals surface area (Å²) in [5.74, 6) is -3.37. The first-order valence-electron chi connectivity index (χ1n) is 6.94. The Bertz CT molecular complexity index is 832. The van der Waals surface area contributed by atoms with E-state index in [9.17, 15) is 23.2 Å². The molecule has 0 radical (unpaired) electrons. The number of aryl methyl sites for hydroxylation is 1. The zero-order valence-electron chi connectivity index (χ0n) is 12.9. The highest BCUT2D eigenvalue weighted by Gasteiger charge is 2.23. The van der Waals surface area contributed by atoms with E-state index in [0.717, 1.165) is 23.5 Å². The summed E-state index contributed by atoms with van der Waals surface area (Å²) in [6, 6.07) is 1.73. The summed E-state index contributed by atoms with van der Waals surface area (Å²) >= 11 is 0.960. The highest BCUT2D eigenvalue weighted by atomic mass is 32.1. The van der Waals surface area contributed by atoms with Crippen LogP contribution in [0.5, 0.6) is 0 Å². The number of benzene rings is 1. The molecule has 0 saturated carbocycles. The molecule has 2 rings (SSSR count). The Balaban J connectivity index is 2.23. The van der Waals surface area contributed by atoms with Crippen LogP contribution in [0.2, 0.25) is 0 Å². The molecule has 0 fully saturated rings. The Hall–Kier alpha value is -2.55. The molecule has 2 aromatic rings. The minimum absolute atomic E-state index is 0.0935. The third kappa shape index (κ3) is 3.85. The van der Waals surface area contributed by atoms with E-state index in [1.807, 2.05) is 0 Å². The fourth-order valence-electron chi connectivity index (χ4n) is 2.08. The molecule has 1 heterocycles. The standard InChI is InChI=1S/C15H15F2N3O3S/c1-8-7-24-15(23)20(8)6-12(21)19-13(14(22)18-2)9-3-4-10(16)11(17)5-9/h3-5,7,13H,6H2,1-2H3,(H,18,22)(H,19,21). The zero-order valence-corrected chi connectivity index (χ0v) is 13.7. The Morgan fingerprint density at radius 1 is 1.29 bits per heavy atom. The lowest BCUT2D eigenvalue weighted by molar-refractivity contribution is -0.129. The summed E-state index contributed by atoms with van der Waals surface area (Å²) in [4.78, 5) is 35.5. The van der Waals surface area contributed by atoms with Gasteiger partial charge in [0, 0.05) is 18.1 Å². The fraction of sp³-hybridized carbons (Fsp3) is 0.267. The topological polar surface area (TPSA) is 80.2 Å². The molecule has 9 heteroatoms. The Morgan fingerprint density at radius 2 is 2.00 bits per heavy atom. The molecular weight excluding hydrogens is 340 g/mol. The van der Waals surface area contributed by atoms with Crippen LogP contribution in [0.1, 0.15) is 17.3 Å². The fourth-order valence-corrected chi connectivity index (χ4v) is 2.82. The third-order valence-corrected chi connectivity index (χ3v) is 4.25. The maximum atomic E-state index is 13.4. The van der Waals surface area contributed by atoms with Crippen LogP contribution in [0.15, 0.2) is 28.4 Å². The summed E-state index contributed by atoms with van der Waals surface area (Å²) in [6.45, 7) is 1.40. The van der Waals surface area contributed by atoms with Crippen LogP contribution in [-0.2, 0) is 16.1 Å². The van der Waals surface area contributed by atoms with Gasteiger partial charge in [0.2, 0.25) is 11.8 Å². The first kappa shape index (κ1) is 17.8. The minimum Gasteiger partial charge on any atom is -0.357 e. The van der Waals surface area contributed by atoms with Gasteiger partial charge in [-0.15, -0.1) is 0 Å². The summed E-state index contributed by atoms with van der Waals surface area (Å²) in [7, 11) is 1.36. The van der Waals surface area contributed by atoms with Gasteiger partial charge in [0.1, 0.15) is 12.6 Å². The molecular formula is C15H15F2N3O3S. The van der Waals surface area contributed by atoms with Gasteiger partial charge in [0.15, 0.2) is 11.6 Å². The molecule has 0 aliphatic rings. The summed E-state index contributed by atoms with van der Waals surface area (Å²) in [5.41, 5.74) is 0.709. The van der Waals surface area contributed by atoms with Crippen LogP contribution in [0.3, 0.4) is 0 Å². The molecule has 1 atom stereocenters. The maximum absolute atomic E-state index is 13.4. The van der Waals surface area contributed by atoms with Gasteiger partial charge in [-0.2, -0.15) is 0 Å². The zero-order chi connectivity index (χ0) is 17.9. The average Bonchev–Trinajstić information content (AvgIpc) is 2.86. The number of rotatable bonds is 5. The molecule has 0 aliphatic heterocycles. The summed E-state index contributed by atoms with van der Waals surface area (Å²) in [5, 5.41) is 6.39. The van der Waals surface area contributed by atoms with Crippen molar-refractivity contribution in [3.05, 3.63) is 56.1 Å². The van der Waals surface area contributed by atoms with E-state index in [4.69, 9.17) is 0 Å². The number of nitrogens with zero attached hydrogens (tertiary/aromatic N) is 1. The first-order valence-corrected chi connectivity index (χ1v) is 7.82. The van der Waals surface area contributed by atoms with Gasteiger partial charge in [0.05, 0.1) is 0 Å². The van der Waals surface area contributed by atoms with Crippen molar-refractivity contribution < 1.29 is 18.4 Å². The van der Waals surface area contributed by atoms with Crippen LogP contribution in [0.4, 0.5) is 8.78 Å². The number of thiazole rings is 1. The number of nitrogens with one attached hydrogen (secondary N) is 2. The molecule has 1 unspecified atom stereocenters. The van der Waals surface area contributed by atoms with Gasteiger partial charge < -0.3 is 10.6 Å². The van der Waals surface area contributed by atoms with Crippen LogP contribution < -0.4 is 15.5 Å². The molecule has 0 saturated heterocycles. The van der Waals surface area contributed by atoms with Crippen molar-refractivity contribution in [2.45, 2.75) is 19.5 Å². The number of amides is 2. The van der Waals surface area contributed by atoms with Crippen molar-refractivity contribution in [3.8, 4) is 0 Å². The van der Waals surface area contributed by atoms with E-state index in [1.165, 1.54) is 17.7 Å². The average molecular weight is 355 g/mol. The lowest BCUT2D eigenvalue weighted by Crippen LogP contribution is -2.41. The number of aromatic nitrogens is 1. The molecule has 2 amide bonds. The molecule has 128 valence electrons. The van der Waals surface area contributed by atoms with Crippen LogP contribution in [0, 0.1) is 18.6 Å². The number of halogens is 2. The predicted octanol–water partition coefficient (Wildman–Crippen LogP) is 1.10. The lowest BCUT2D eigenvalue weighted by atomic mass is 10.1. The number of likely N-dealkylation sites (N-methyl/N-ethyl adjacent to an activating group) is 1.